The van der Waals surface area contributed by atoms with E-state index in [1.165, 1.54) is 6.42 Å². The molecule has 0 radical (unpaired) electrons. The highest BCUT2D eigenvalue weighted by molar-refractivity contribution is 5.68. The molecule has 3 atom stereocenters. The largest absolute Gasteiger partial charge is 0.439 e. The molecule has 114 valence electrons. The number of likely N-dealkylation sites (tertiary alicyclic amines) is 1. The SMILES string of the molecule is CC(C)(C)C1(OC(=O)N2CCCCC2)CC2CCC1O2. The molecule has 1 amide bonds. The van der Waals surface area contributed by atoms with Crippen LogP contribution in [0, 0.1) is 5.41 Å². The van der Waals surface area contributed by atoms with Gasteiger partial charge in [-0.05, 0) is 32.1 Å². The summed E-state index contributed by atoms with van der Waals surface area (Å²) in [5.74, 6) is 0. The Morgan fingerprint density at radius 1 is 1.20 bits per heavy atom. The molecule has 0 spiro atoms. The van der Waals surface area contributed by atoms with Crippen LogP contribution in [-0.2, 0) is 9.47 Å². The van der Waals surface area contributed by atoms with E-state index in [1.54, 1.807) is 0 Å². The van der Waals surface area contributed by atoms with Gasteiger partial charge in [-0.25, -0.2) is 4.79 Å². The van der Waals surface area contributed by atoms with Gasteiger partial charge < -0.3 is 14.4 Å². The molecular weight excluding hydrogens is 254 g/mol. The number of rotatable bonds is 1. The standard InChI is InChI=1S/C16H27NO3/c1-15(2,3)16(11-12-7-8-13(16)19-12)20-14(18)17-9-5-4-6-10-17/h12-13H,4-11H2,1-3H3. The maximum atomic E-state index is 12.5. The molecule has 3 aliphatic heterocycles. The summed E-state index contributed by atoms with van der Waals surface area (Å²) in [6.07, 6.45) is 6.66. The first-order valence-corrected chi connectivity index (χ1v) is 8.06. The molecule has 0 saturated carbocycles. The van der Waals surface area contributed by atoms with E-state index in [9.17, 15) is 4.79 Å². The summed E-state index contributed by atoms with van der Waals surface area (Å²) in [5.41, 5.74) is -0.525. The average molecular weight is 281 g/mol. The lowest BCUT2D eigenvalue weighted by molar-refractivity contribution is -0.117. The van der Waals surface area contributed by atoms with Gasteiger partial charge in [-0.1, -0.05) is 20.8 Å². The fourth-order valence-electron chi connectivity index (χ4n) is 4.02. The van der Waals surface area contributed by atoms with Crippen molar-refractivity contribution in [1.82, 2.24) is 4.90 Å². The van der Waals surface area contributed by atoms with Gasteiger partial charge in [0.1, 0.15) is 5.60 Å². The third kappa shape index (κ3) is 2.22. The van der Waals surface area contributed by atoms with Crippen LogP contribution in [-0.4, -0.2) is 41.9 Å². The number of amides is 1. The van der Waals surface area contributed by atoms with E-state index in [0.29, 0.717) is 0 Å². The zero-order valence-corrected chi connectivity index (χ0v) is 13.0. The minimum absolute atomic E-state index is 0.0845. The predicted molar refractivity (Wildman–Crippen MR) is 76.6 cm³/mol. The molecule has 0 aliphatic carbocycles. The van der Waals surface area contributed by atoms with Crippen LogP contribution in [0.1, 0.15) is 59.3 Å². The quantitative estimate of drug-likeness (QED) is 0.740. The number of hydrogen-bond donors (Lipinski definition) is 0. The number of ether oxygens (including phenoxy) is 2. The van der Waals surface area contributed by atoms with Gasteiger partial charge in [-0.15, -0.1) is 0 Å². The molecule has 3 fully saturated rings. The van der Waals surface area contributed by atoms with E-state index < -0.39 is 5.60 Å². The number of fused-ring (bicyclic) bond motifs is 2. The molecule has 0 aromatic carbocycles. The molecule has 0 aromatic heterocycles. The van der Waals surface area contributed by atoms with E-state index in [2.05, 4.69) is 20.8 Å². The molecule has 0 aromatic rings. The number of carbonyl (C=O) groups is 1. The zero-order valence-electron chi connectivity index (χ0n) is 13.0. The minimum Gasteiger partial charge on any atom is -0.439 e. The molecule has 4 nitrogen and oxygen atoms in total. The first-order chi connectivity index (χ1) is 9.42. The van der Waals surface area contributed by atoms with Gasteiger partial charge in [0.2, 0.25) is 0 Å². The summed E-state index contributed by atoms with van der Waals surface area (Å²) in [6.45, 7) is 8.18. The van der Waals surface area contributed by atoms with Crippen molar-refractivity contribution in [1.29, 1.82) is 0 Å². The lowest BCUT2D eigenvalue weighted by Crippen LogP contribution is -2.56. The van der Waals surface area contributed by atoms with Gasteiger partial charge in [-0.2, -0.15) is 0 Å². The number of nitrogens with zero attached hydrogens (tertiary/aromatic N) is 1. The first-order valence-electron chi connectivity index (χ1n) is 8.06. The second-order valence-corrected chi connectivity index (χ2v) is 7.58. The summed E-state index contributed by atoms with van der Waals surface area (Å²) < 4.78 is 12.1. The topological polar surface area (TPSA) is 38.8 Å². The number of carbonyl (C=O) groups excluding carboxylic acids is 1. The van der Waals surface area contributed by atoms with Crippen LogP contribution in [0.25, 0.3) is 0 Å². The molecule has 2 bridgehead atoms. The van der Waals surface area contributed by atoms with Crippen molar-refractivity contribution in [3.8, 4) is 0 Å². The molecule has 4 heteroatoms. The molecular formula is C16H27NO3. The number of piperidine rings is 1. The highest BCUT2D eigenvalue weighted by Crippen LogP contribution is 2.53. The van der Waals surface area contributed by atoms with Crippen molar-refractivity contribution >= 4 is 6.09 Å². The molecule has 20 heavy (non-hydrogen) atoms. The maximum Gasteiger partial charge on any atom is 0.410 e. The van der Waals surface area contributed by atoms with E-state index in [1.807, 2.05) is 4.90 Å². The minimum atomic E-state index is -0.440. The van der Waals surface area contributed by atoms with E-state index in [0.717, 1.165) is 45.2 Å². The van der Waals surface area contributed by atoms with Gasteiger partial charge >= 0.3 is 6.09 Å². The average Bonchev–Trinajstić information content (AvgIpc) is 3.00. The molecule has 3 aliphatic rings. The Balaban J connectivity index is 1.76. The van der Waals surface area contributed by atoms with Gasteiger partial charge in [0.15, 0.2) is 0 Å². The summed E-state index contributed by atoms with van der Waals surface area (Å²) in [7, 11) is 0. The Morgan fingerprint density at radius 2 is 1.90 bits per heavy atom. The van der Waals surface area contributed by atoms with Crippen LogP contribution in [0.4, 0.5) is 4.79 Å². The van der Waals surface area contributed by atoms with Crippen molar-refractivity contribution in [3.05, 3.63) is 0 Å². The van der Waals surface area contributed by atoms with Crippen molar-refractivity contribution in [2.45, 2.75) is 77.1 Å². The van der Waals surface area contributed by atoms with Crippen molar-refractivity contribution in [3.63, 3.8) is 0 Å². The third-order valence-corrected chi connectivity index (χ3v) is 5.31. The predicted octanol–water partition coefficient (Wildman–Crippen LogP) is 3.35. The van der Waals surface area contributed by atoms with Gasteiger partial charge in [0.05, 0.1) is 12.2 Å². The Labute approximate surface area is 121 Å². The summed E-state index contributed by atoms with van der Waals surface area (Å²) in [5, 5.41) is 0. The lowest BCUT2D eigenvalue weighted by Gasteiger charge is -2.46. The smallest absolute Gasteiger partial charge is 0.410 e. The third-order valence-electron chi connectivity index (χ3n) is 5.31. The van der Waals surface area contributed by atoms with Crippen LogP contribution in [0.15, 0.2) is 0 Å². The van der Waals surface area contributed by atoms with Crippen LogP contribution in [0.3, 0.4) is 0 Å². The van der Waals surface area contributed by atoms with Crippen LogP contribution in [0.2, 0.25) is 0 Å². The van der Waals surface area contributed by atoms with Crippen molar-refractivity contribution in [2.24, 2.45) is 5.41 Å². The van der Waals surface area contributed by atoms with E-state index >= 15 is 0 Å². The molecule has 3 unspecified atom stereocenters. The van der Waals surface area contributed by atoms with Crippen molar-refractivity contribution < 1.29 is 14.3 Å². The van der Waals surface area contributed by atoms with Gasteiger partial charge in [0.25, 0.3) is 0 Å². The molecule has 0 N–H and O–H groups in total. The normalized spacial score (nSPS) is 37.2. The second kappa shape index (κ2) is 4.90. The lowest BCUT2D eigenvalue weighted by atomic mass is 9.68. The van der Waals surface area contributed by atoms with Crippen LogP contribution < -0.4 is 0 Å². The Bertz CT molecular complexity index is 384. The summed E-state index contributed by atoms with van der Waals surface area (Å²) >= 11 is 0. The summed E-state index contributed by atoms with van der Waals surface area (Å²) in [4.78, 5) is 14.4. The highest BCUT2D eigenvalue weighted by atomic mass is 16.6. The van der Waals surface area contributed by atoms with E-state index in [4.69, 9.17) is 9.47 Å². The zero-order chi connectivity index (χ0) is 14.4. The van der Waals surface area contributed by atoms with Gasteiger partial charge in [-0.3, -0.25) is 0 Å². The van der Waals surface area contributed by atoms with Crippen LogP contribution in [0.5, 0.6) is 0 Å². The molecule has 3 rings (SSSR count). The summed E-state index contributed by atoms with van der Waals surface area (Å²) in [6, 6.07) is 0. The van der Waals surface area contributed by atoms with Crippen molar-refractivity contribution in [2.75, 3.05) is 13.1 Å². The maximum absolute atomic E-state index is 12.5. The fourth-order valence-corrected chi connectivity index (χ4v) is 4.02. The Kier molecular flexibility index (Phi) is 3.47. The van der Waals surface area contributed by atoms with E-state index in [-0.39, 0.29) is 23.7 Å². The first kappa shape index (κ1) is 14.2. The number of hydrogen-bond acceptors (Lipinski definition) is 3. The van der Waals surface area contributed by atoms with Crippen LogP contribution >= 0.6 is 0 Å². The molecule has 3 saturated heterocycles. The Hall–Kier alpha value is -0.770. The van der Waals surface area contributed by atoms with Gasteiger partial charge in [0, 0.05) is 24.9 Å². The fraction of sp³-hybridized carbons (Fsp3) is 0.938. The second-order valence-electron chi connectivity index (χ2n) is 7.58. The Morgan fingerprint density at radius 3 is 2.40 bits per heavy atom. The highest BCUT2D eigenvalue weighted by Gasteiger charge is 2.61. The monoisotopic (exact) mass is 281 g/mol. The molecule has 3 heterocycles.